The molecular weight excluding hydrogens is 260 g/mol. The molecule has 0 radical (unpaired) electrons. The van der Waals surface area contributed by atoms with Gasteiger partial charge in [-0.15, -0.1) is 0 Å². The number of hydrogen-bond acceptors (Lipinski definition) is 4. The van der Waals surface area contributed by atoms with Crippen LogP contribution in [0.25, 0.3) is 0 Å². The highest BCUT2D eigenvalue weighted by Gasteiger charge is 2.26. The predicted molar refractivity (Wildman–Crippen MR) is 78.9 cm³/mol. The van der Waals surface area contributed by atoms with E-state index in [1.54, 1.807) is 12.3 Å². The van der Waals surface area contributed by atoms with Gasteiger partial charge in [-0.05, 0) is 25.0 Å². The van der Waals surface area contributed by atoms with Gasteiger partial charge in [-0.2, -0.15) is 0 Å². The lowest BCUT2D eigenvalue weighted by molar-refractivity contribution is -0.116. The lowest BCUT2D eigenvalue weighted by Crippen LogP contribution is -2.41. The quantitative estimate of drug-likeness (QED) is 0.783. The smallest absolute Gasteiger partial charge is 0.237 e. The van der Waals surface area contributed by atoms with Crippen LogP contribution in [0.2, 0.25) is 0 Å². The first-order chi connectivity index (χ1) is 9.09. The number of nitrogens with two attached hydrogens (primary N) is 2. The Morgan fingerprint density at radius 2 is 2.11 bits per heavy atom. The number of carbonyl (C=O) groups is 1. The Morgan fingerprint density at radius 3 is 2.68 bits per heavy atom. The number of primary amides is 1. The van der Waals surface area contributed by atoms with Crippen molar-refractivity contribution in [1.29, 1.82) is 0 Å². The fourth-order valence-corrected chi connectivity index (χ4v) is 2.74. The summed E-state index contributed by atoms with van der Waals surface area (Å²) in [6, 6.07) is 3.90. The van der Waals surface area contributed by atoms with E-state index >= 15 is 0 Å². The molecule has 0 unspecified atom stereocenters. The molecule has 1 saturated carbocycles. The summed E-state index contributed by atoms with van der Waals surface area (Å²) in [5, 5.41) is 0. The first-order valence-corrected chi connectivity index (χ1v) is 6.80. The summed E-state index contributed by atoms with van der Waals surface area (Å²) in [6.45, 7) is 0.150. The van der Waals surface area contributed by atoms with Crippen molar-refractivity contribution in [1.82, 2.24) is 4.98 Å². The van der Waals surface area contributed by atoms with E-state index in [2.05, 4.69) is 4.98 Å². The zero-order valence-corrected chi connectivity index (χ0v) is 11.5. The molecule has 1 amide bonds. The van der Waals surface area contributed by atoms with E-state index in [0.717, 1.165) is 25.7 Å². The van der Waals surface area contributed by atoms with Crippen LogP contribution in [-0.2, 0) is 4.79 Å². The second kappa shape index (κ2) is 5.97. The van der Waals surface area contributed by atoms with Gasteiger partial charge in [0, 0.05) is 12.2 Å². The van der Waals surface area contributed by atoms with E-state index in [4.69, 9.17) is 23.7 Å². The van der Waals surface area contributed by atoms with Crippen LogP contribution in [0.3, 0.4) is 0 Å². The Bertz CT molecular complexity index is 485. The number of anilines is 1. The Balaban J connectivity index is 2.36. The maximum atomic E-state index is 11.3. The second-order valence-electron chi connectivity index (χ2n) is 4.77. The van der Waals surface area contributed by atoms with Crippen LogP contribution in [0.4, 0.5) is 5.82 Å². The number of rotatable bonds is 5. The molecule has 2 rings (SSSR count). The molecule has 1 heterocycles. The molecule has 1 aromatic rings. The van der Waals surface area contributed by atoms with Crippen molar-refractivity contribution in [3.8, 4) is 0 Å². The number of nitrogens with zero attached hydrogens (tertiary/aromatic N) is 2. The minimum Gasteiger partial charge on any atom is -0.389 e. The highest BCUT2D eigenvalue weighted by atomic mass is 32.1. The molecule has 0 atom stereocenters. The van der Waals surface area contributed by atoms with Gasteiger partial charge in [0.1, 0.15) is 10.8 Å². The second-order valence-corrected chi connectivity index (χ2v) is 5.21. The third-order valence-electron chi connectivity index (χ3n) is 3.42. The van der Waals surface area contributed by atoms with Crippen LogP contribution >= 0.6 is 12.2 Å². The minimum atomic E-state index is -0.369. The maximum absolute atomic E-state index is 11.3. The van der Waals surface area contributed by atoms with Gasteiger partial charge >= 0.3 is 0 Å². The molecule has 1 fully saturated rings. The number of pyridine rings is 1. The topological polar surface area (TPSA) is 85.2 Å². The zero-order chi connectivity index (χ0) is 13.8. The van der Waals surface area contributed by atoms with E-state index < -0.39 is 0 Å². The molecule has 1 aliphatic carbocycles. The molecular formula is C13H18N4OS. The molecule has 6 heteroatoms. The van der Waals surface area contributed by atoms with Crippen molar-refractivity contribution in [2.75, 3.05) is 11.4 Å². The number of thiocarbonyl (C=S) groups is 1. The molecule has 1 aliphatic rings. The first kappa shape index (κ1) is 13.7. The Morgan fingerprint density at radius 1 is 1.42 bits per heavy atom. The van der Waals surface area contributed by atoms with Crippen LogP contribution in [-0.4, -0.2) is 28.5 Å². The fourth-order valence-electron chi connectivity index (χ4n) is 2.58. The van der Waals surface area contributed by atoms with Gasteiger partial charge in [-0.1, -0.05) is 25.1 Å². The summed E-state index contributed by atoms with van der Waals surface area (Å²) in [4.78, 5) is 17.9. The minimum absolute atomic E-state index is 0.150. The van der Waals surface area contributed by atoms with E-state index in [1.165, 1.54) is 0 Å². The molecule has 0 spiro atoms. The molecule has 5 nitrogen and oxygen atoms in total. The van der Waals surface area contributed by atoms with E-state index in [0.29, 0.717) is 11.4 Å². The molecule has 19 heavy (non-hydrogen) atoms. The van der Waals surface area contributed by atoms with Gasteiger partial charge in [-0.25, -0.2) is 4.98 Å². The zero-order valence-electron chi connectivity index (χ0n) is 10.7. The number of carbonyl (C=O) groups excluding carboxylic acids is 1. The summed E-state index contributed by atoms with van der Waals surface area (Å²) in [7, 11) is 0. The van der Waals surface area contributed by atoms with Crippen molar-refractivity contribution in [2.24, 2.45) is 11.5 Å². The van der Waals surface area contributed by atoms with Crippen LogP contribution in [0.15, 0.2) is 18.3 Å². The van der Waals surface area contributed by atoms with Crippen LogP contribution in [0.5, 0.6) is 0 Å². The molecule has 4 N–H and O–H groups in total. The summed E-state index contributed by atoms with van der Waals surface area (Å²) >= 11 is 5.05. The molecule has 0 aromatic carbocycles. The molecule has 102 valence electrons. The number of hydrogen-bond donors (Lipinski definition) is 2. The van der Waals surface area contributed by atoms with Crippen molar-refractivity contribution in [3.63, 3.8) is 0 Å². The Hall–Kier alpha value is -1.69. The lowest BCUT2D eigenvalue weighted by atomic mass is 10.1. The fraction of sp³-hybridized carbons (Fsp3) is 0.462. The van der Waals surface area contributed by atoms with Crippen molar-refractivity contribution < 1.29 is 4.79 Å². The standard InChI is InChI=1S/C13H18N4OS/c14-11(18)8-17(9-4-1-2-5-9)13-10(12(15)19)6-3-7-16-13/h3,6-7,9H,1-2,4-5,8H2,(H2,14,18)(H2,15,19). The van der Waals surface area contributed by atoms with E-state index in [-0.39, 0.29) is 23.5 Å². The van der Waals surface area contributed by atoms with Gasteiger partial charge < -0.3 is 16.4 Å². The average Bonchev–Trinajstić information content (AvgIpc) is 2.89. The van der Waals surface area contributed by atoms with E-state index in [9.17, 15) is 4.79 Å². The largest absolute Gasteiger partial charge is 0.389 e. The molecule has 1 aromatic heterocycles. The molecule has 0 saturated heterocycles. The van der Waals surface area contributed by atoms with Crippen LogP contribution in [0.1, 0.15) is 31.2 Å². The summed E-state index contributed by atoms with van der Waals surface area (Å²) in [5.74, 6) is 0.298. The highest BCUT2D eigenvalue weighted by molar-refractivity contribution is 7.80. The van der Waals surface area contributed by atoms with E-state index in [1.807, 2.05) is 11.0 Å². The third-order valence-corrected chi connectivity index (χ3v) is 3.64. The predicted octanol–water partition coefficient (Wildman–Crippen LogP) is 0.950. The van der Waals surface area contributed by atoms with Crippen molar-refractivity contribution >= 4 is 28.9 Å². The molecule has 0 aliphatic heterocycles. The van der Waals surface area contributed by atoms with Crippen molar-refractivity contribution in [3.05, 3.63) is 23.9 Å². The average molecular weight is 278 g/mol. The normalized spacial score (nSPS) is 15.4. The first-order valence-electron chi connectivity index (χ1n) is 6.39. The highest BCUT2D eigenvalue weighted by Crippen LogP contribution is 2.28. The summed E-state index contributed by atoms with van der Waals surface area (Å²) in [6.07, 6.45) is 6.09. The molecule has 0 bridgehead atoms. The lowest BCUT2D eigenvalue weighted by Gasteiger charge is -2.30. The van der Waals surface area contributed by atoms with Crippen LogP contribution < -0.4 is 16.4 Å². The van der Waals surface area contributed by atoms with Gasteiger partial charge in [0.15, 0.2) is 0 Å². The van der Waals surface area contributed by atoms with Gasteiger partial charge in [0.25, 0.3) is 0 Å². The SMILES string of the molecule is NC(=O)CN(c1ncccc1C(N)=S)C1CCCC1. The maximum Gasteiger partial charge on any atom is 0.237 e. The Kier molecular flexibility index (Phi) is 4.31. The van der Waals surface area contributed by atoms with Gasteiger partial charge in [0.05, 0.1) is 12.1 Å². The number of amides is 1. The third kappa shape index (κ3) is 3.20. The summed E-state index contributed by atoms with van der Waals surface area (Å²) < 4.78 is 0. The van der Waals surface area contributed by atoms with Gasteiger partial charge in [-0.3, -0.25) is 4.79 Å². The van der Waals surface area contributed by atoms with Crippen molar-refractivity contribution in [2.45, 2.75) is 31.7 Å². The van der Waals surface area contributed by atoms with Crippen LogP contribution in [0, 0.1) is 0 Å². The summed E-state index contributed by atoms with van der Waals surface area (Å²) in [5.41, 5.74) is 11.8. The van der Waals surface area contributed by atoms with Gasteiger partial charge in [0.2, 0.25) is 5.91 Å². The Labute approximate surface area is 118 Å². The monoisotopic (exact) mass is 278 g/mol. The number of aromatic nitrogens is 1.